The molecule has 2 heterocycles. The summed E-state index contributed by atoms with van der Waals surface area (Å²) >= 11 is 0. The minimum Gasteiger partial charge on any atom is -0.464 e. The van der Waals surface area contributed by atoms with Gasteiger partial charge in [-0.2, -0.15) is 0 Å². The lowest BCUT2D eigenvalue weighted by Gasteiger charge is -2.30. The van der Waals surface area contributed by atoms with E-state index in [0.29, 0.717) is 24.0 Å². The van der Waals surface area contributed by atoms with Gasteiger partial charge in [-0.3, -0.25) is 19.3 Å². The van der Waals surface area contributed by atoms with Gasteiger partial charge >= 0.3 is 5.97 Å². The molecule has 2 aliphatic heterocycles. The molecule has 2 amide bonds. The van der Waals surface area contributed by atoms with Crippen LogP contribution in [0.3, 0.4) is 0 Å². The number of piperidine rings is 1. The van der Waals surface area contributed by atoms with Crippen LogP contribution in [0.5, 0.6) is 0 Å². The van der Waals surface area contributed by atoms with Crippen molar-refractivity contribution in [1.29, 1.82) is 0 Å². The number of ether oxygens (including phenoxy) is 1. The number of sulfonamides is 1. The molecule has 9 heteroatoms. The number of nitrogens with zero attached hydrogens (tertiary/aromatic N) is 2. The van der Waals surface area contributed by atoms with Gasteiger partial charge in [-0.25, -0.2) is 12.7 Å². The zero-order chi connectivity index (χ0) is 22.7. The quantitative estimate of drug-likeness (QED) is 0.467. The monoisotopic (exact) mass is 456 g/mol. The van der Waals surface area contributed by atoms with Gasteiger partial charge in [-0.1, -0.05) is 42.5 Å². The highest BCUT2D eigenvalue weighted by Gasteiger charge is 2.36. The Morgan fingerprint density at radius 2 is 1.47 bits per heavy atom. The van der Waals surface area contributed by atoms with Crippen LogP contribution in [-0.4, -0.2) is 61.6 Å². The number of fused-ring (bicyclic) bond motifs is 1. The molecule has 0 bridgehead atoms. The zero-order valence-corrected chi connectivity index (χ0v) is 18.3. The van der Waals surface area contributed by atoms with E-state index < -0.39 is 33.7 Å². The Bertz CT molecular complexity index is 1090. The minimum absolute atomic E-state index is 0.0115. The zero-order valence-electron chi connectivity index (χ0n) is 17.5. The van der Waals surface area contributed by atoms with Crippen LogP contribution in [0.25, 0.3) is 0 Å². The first kappa shape index (κ1) is 22.2. The Hall–Kier alpha value is -3.04. The van der Waals surface area contributed by atoms with Crippen LogP contribution >= 0.6 is 0 Å². The van der Waals surface area contributed by atoms with Crippen LogP contribution < -0.4 is 0 Å². The first-order valence-corrected chi connectivity index (χ1v) is 12.1. The van der Waals surface area contributed by atoms with Gasteiger partial charge < -0.3 is 4.74 Å². The summed E-state index contributed by atoms with van der Waals surface area (Å²) < 4.78 is 32.0. The highest BCUT2D eigenvalue weighted by molar-refractivity contribution is 7.88. The lowest BCUT2D eigenvalue weighted by atomic mass is 9.98. The fraction of sp³-hybridized carbons (Fsp3) is 0.348. The van der Waals surface area contributed by atoms with Gasteiger partial charge in [0.25, 0.3) is 11.8 Å². The summed E-state index contributed by atoms with van der Waals surface area (Å²) in [5, 5.41) is 0. The first-order valence-electron chi connectivity index (χ1n) is 10.5. The van der Waals surface area contributed by atoms with Crippen LogP contribution in [0.1, 0.15) is 39.1 Å². The molecular formula is C23H24N2O6S. The fourth-order valence-corrected chi connectivity index (χ4v) is 5.61. The molecule has 2 aromatic rings. The molecule has 168 valence electrons. The molecular weight excluding hydrogens is 432 g/mol. The number of amides is 2. The molecule has 2 aliphatic rings. The van der Waals surface area contributed by atoms with Crippen LogP contribution in [0, 0.1) is 5.92 Å². The molecule has 1 fully saturated rings. The van der Waals surface area contributed by atoms with Gasteiger partial charge in [-0.05, 0) is 30.5 Å². The van der Waals surface area contributed by atoms with Crippen molar-refractivity contribution >= 4 is 27.8 Å². The third-order valence-corrected chi connectivity index (χ3v) is 7.66. The summed E-state index contributed by atoms with van der Waals surface area (Å²) in [6, 6.07) is 15.6. The minimum atomic E-state index is -3.45. The van der Waals surface area contributed by atoms with Gasteiger partial charge in [0.2, 0.25) is 10.0 Å². The van der Waals surface area contributed by atoms with Crippen molar-refractivity contribution in [3.63, 3.8) is 0 Å². The van der Waals surface area contributed by atoms with Gasteiger partial charge in [0.05, 0.1) is 29.3 Å². The van der Waals surface area contributed by atoms with E-state index >= 15 is 0 Å². The van der Waals surface area contributed by atoms with E-state index in [4.69, 9.17) is 4.74 Å². The molecule has 0 radical (unpaired) electrons. The lowest BCUT2D eigenvalue weighted by Crippen LogP contribution is -2.41. The second kappa shape index (κ2) is 9.22. The third-order valence-electron chi connectivity index (χ3n) is 5.81. The number of esters is 1. The predicted octanol–water partition coefficient (Wildman–Crippen LogP) is 2.07. The predicted molar refractivity (Wildman–Crippen MR) is 116 cm³/mol. The Kier molecular flexibility index (Phi) is 6.38. The SMILES string of the molecule is O=C(OCCN1C(=O)c2ccccc2C1=O)C1CCN(S(=O)(=O)Cc2ccccc2)CC1. The maximum absolute atomic E-state index is 12.6. The van der Waals surface area contributed by atoms with Crippen molar-refractivity contribution in [2.24, 2.45) is 5.92 Å². The molecule has 1 saturated heterocycles. The van der Waals surface area contributed by atoms with E-state index in [0.717, 1.165) is 10.5 Å². The van der Waals surface area contributed by atoms with Crippen molar-refractivity contribution < 1.29 is 27.5 Å². The number of benzene rings is 2. The van der Waals surface area contributed by atoms with E-state index in [9.17, 15) is 22.8 Å². The van der Waals surface area contributed by atoms with Crippen LogP contribution in [0.4, 0.5) is 0 Å². The number of rotatable bonds is 7. The summed E-state index contributed by atoms with van der Waals surface area (Å²) in [5.74, 6) is -1.68. The van der Waals surface area contributed by atoms with Crippen LogP contribution in [-0.2, 0) is 25.3 Å². The van der Waals surface area contributed by atoms with Crippen molar-refractivity contribution in [2.45, 2.75) is 18.6 Å². The van der Waals surface area contributed by atoms with E-state index in [1.165, 1.54) is 4.31 Å². The average Bonchev–Trinajstić information content (AvgIpc) is 3.04. The highest BCUT2D eigenvalue weighted by Crippen LogP contribution is 2.24. The summed E-state index contributed by atoms with van der Waals surface area (Å²) in [7, 11) is -3.45. The number of carbonyl (C=O) groups is 3. The molecule has 0 saturated carbocycles. The van der Waals surface area contributed by atoms with Crippen molar-refractivity contribution in [3.05, 3.63) is 71.3 Å². The van der Waals surface area contributed by atoms with Crippen molar-refractivity contribution in [3.8, 4) is 0 Å². The van der Waals surface area contributed by atoms with Gasteiger partial charge in [-0.15, -0.1) is 0 Å². The third kappa shape index (κ3) is 4.58. The first-order chi connectivity index (χ1) is 15.4. The molecule has 0 atom stereocenters. The van der Waals surface area contributed by atoms with Gasteiger partial charge in [0.15, 0.2) is 0 Å². The number of hydrogen-bond acceptors (Lipinski definition) is 6. The summed E-state index contributed by atoms with van der Waals surface area (Å²) in [6.45, 7) is 0.417. The van der Waals surface area contributed by atoms with Gasteiger partial charge in [0, 0.05) is 13.1 Å². The molecule has 0 N–H and O–H groups in total. The highest BCUT2D eigenvalue weighted by atomic mass is 32.2. The summed E-state index contributed by atoms with van der Waals surface area (Å²) in [4.78, 5) is 38.2. The normalized spacial score (nSPS) is 17.4. The fourth-order valence-electron chi connectivity index (χ4n) is 4.04. The summed E-state index contributed by atoms with van der Waals surface area (Å²) in [6.07, 6.45) is 0.750. The number of imide groups is 1. The smallest absolute Gasteiger partial charge is 0.309 e. The molecule has 0 unspecified atom stereocenters. The van der Waals surface area contributed by atoms with E-state index in [1.807, 2.05) is 6.07 Å². The lowest BCUT2D eigenvalue weighted by molar-refractivity contribution is -0.150. The molecule has 4 rings (SSSR count). The maximum atomic E-state index is 12.6. The average molecular weight is 457 g/mol. The molecule has 0 aromatic heterocycles. The Labute approximate surface area is 186 Å². The van der Waals surface area contributed by atoms with Crippen LogP contribution in [0.15, 0.2) is 54.6 Å². The molecule has 0 spiro atoms. The summed E-state index contributed by atoms with van der Waals surface area (Å²) in [5.41, 5.74) is 1.43. The molecule has 8 nitrogen and oxygen atoms in total. The standard InChI is InChI=1S/C23H24N2O6S/c26-21-19-8-4-5-9-20(19)22(27)25(21)14-15-31-23(28)18-10-12-24(13-11-18)32(29,30)16-17-6-2-1-3-7-17/h1-9,18H,10-16H2. The number of hydrogen-bond donors (Lipinski definition) is 0. The molecule has 32 heavy (non-hydrogen) atoms. The maximum Gasteiger partial charge on any atom is 0.309 e. The Morgan fingerprint density at radius 3 is 2.06 bits per heavy atom. The van der Waals surface area contributed by atoms with E-state index in [1.54, 1.807) is 48.5 Å². The van der Waals surface area contributed by atoms with Crippen molar-refractivity contribution in [1.82, 2.24) is 9.21 Å². The largest absolute Gasteiger partial charge is 0.464 e. The second-order valence-electron chi connectivity index (χ2n) is 7.89. The number of carbonyl (C=O) groups excluding carboxylic acids is 3. The van der Waals surface area contributed by atoms with Crippen molar-refractivity contribution in [2.75, 3.05) is 26.2 Å². The molecule has 0 aliphatic carbocycles. The Morgan fingerprint density at radius 1 is 0.906 bits per heavy atom. The van der Waals surface area contributed by atoms with E-state index in [2.05, 4.69) is 0 Å². The van der Waals surface area contributed by atoms with Crippen LogP contribution in [0.2, 0.25) is 0 Å². The van der Waals surface area contributed by atoms with E-state index in [-0.39, 0.29) is 32.0 Å². The molecule has 2 aromatic carbocycles. The van der Waals surface area contributed by atoms with Gasteiger partial charge in [0.1, 0.15) is 6.61 Å². The second-order valence-corrected chi connectivity index (χ2v) is 9.86. The Balaban J connectivity index is 1.24. The topological polar surface area (TPSA) is 101 Å².